The summed E-state index contributed by atoms with van der Waals surface area (Å²) < 4.78 is 5.99. The molecule has 5 heteroatoms. The summed E-state index contributed by atoms with van der Waals surface area (Å²) in [7, 11) is 0. The predicted molar refractivity (Wildman–Crippen MR) is 59.3 cm³/mol. The molecule has 1 aliphatic carbocycles. The van der Waals surface area contributed by atoms with Crippen LogP contribution < -0.4 is 10.6 Å². The summed E-state index contributed by atoms with van der Waals surface area (Å²) in [5.41, 5.74) is 0. The third-order valence-electron chi connectivity index (χ3n) is 2.16. The van der Waals surface area contributed by atoms with Crippen molar-refractivity contribution in [2.24, 2.45) is 0 Å². The van der Waals surface area contributed by atoms with Gasteiger partial charge in [0.1, 0.15) is 5.76 Å². The number of amides is 1. The summed E-state index contributed by atoms with van der Waals surface area (Å²) in [6.07, 6.45) is 2.24. The number of hydrogen-bond acceptors (Lipinski definition) is 3. The zero-order valence-electron chi connectivity index (χ0n) is 8.25. The lowest BCUT2D eigenvalue weighted by atomic mass is 10.4. The molecule has 0 saturated heterocycles. The second-order valence-electron chi connectivity index (χ2n) is 3.65. The maximum Gasteiger partial charge on any atom is 0.234 e. The summed E-state index contributed by atoms with van der Waals surface area (Å²) in [4.78, 5) is 11.3. The second kappa shape index (κ2) is 4.81. The van der Waals surface area contributed by atoms with Gasteiger partial charge in [0, 0.05) is 6.04 Å². The minimum atomic E-state index is 0.0584. The maximum atomic E-state index is 11.3. The standard InChI is InChI=1S/C10H13BrN2O2/c11-9-4-3-8(15-9)5-12-6-10(14)13-7-1-2-7/h3-4,7,12H,1-2,5-6H2,(H,13,14). The average Bonchev–Trinajstić information content (AvgIpc) is 2.89. The highest BCUT2D eigenvalue weighted by atomic mass is 79.9. The van der Waals surface area contributed by atoms with Crippen LogP contribution in [0.3, 0.4) is 0 Å². The third-order valence-corrected chi connectivity index (χ3v) is 2.58. The van der Waals surface area contributed by atoms with E-state index in [1.807, 2.05) is 12.1 Å². The van der Waals surface area contributed by atoms with E-state index in [0.717, 1.165) is 18.6 Å². The molecule has 0 radical (unpaired) electrons. The molecule has 0 bridgehead atoms. The monoisotopic (exact) mass is 272 g/mol. The first-order valence-electron chi connectivity index (χ1n) is 4.98. The molecule has 0 atom stereocenters. The molecule has 0 aromatic carbocycles. The van der Waals surface area contributed by atoms with Crippen LogP contribution in [0.4, 0.5) is 0 Å². The molecule has 2 rings (SSSR count). The van der Waals surface area contributed by atoms with E-state index in [0.29, 0.717) is 23.8 Å². The molecule has 4 nitrogen and oxygen atoms in total. The largest absolute Gasteiger partial charge is 0.453 e. The van der Waals surface area contributed by atoms with Crippen molar-refractivity contribution in [2.45, 2.75) is 25.4 Å². The van der Waals surface area contributed by atoms with Gasteiger partial charge in [0.25, 0.3) is 0 Å². The summed E-state index contributed by atoms with van der Waals surface area (Å²) in [6.45, 7) is 0.915. The first-order chi connectivity index (χ1) is 7.24. The second-order valence-corrected chi connectivity index (χ2v) is 4.43. The molecule has 0 spiro atoms. The Morgan fingerprint density at radius 3 is 2.93 bits per heavy atom. The molecule has 82 valence electrons. The first-order valence-corrected chi connectivity index (χ1v) is 5.77. The van der Waals surface area contributed by atoms with Gasteiger partial charge in [-0.15, -0.1) is 0 Å². The van der Waals surface area contributed by atoms with Gasteiger partial charge < -0.3 is 15.1 Å². The molecule has 1 saturated carbocycles. The van der Waals surface area contributed by atoms with Gasteiger partial charge in [0.05, 0.1) is 13.1 Å². The van der Waals surface area contributed by atoms with Gasteiger partial charge in [-0.25, -0.2) is 0 Å². The lowest BCUT2D eigenvalue weighted by Crippen LogP contribution is -2.34. The summed E-state index contributed by atoms with van der Waals surface area (Å²) >= 11 is 3.22. The van der Waals surface area contributed by atoms with E-state index in [2.05, 4.69) is 26.6 Å². The Morgan fingerprint density at radius 1 is 1.53 bits per heavy atom. The van der Waals surface area contributed by atoms with Gasteiger partial charge >= 0.3 is 0 Å². The molecule has 1 aromatic rings. The molecule has 2 N–H and O–H groups in total. The minimum absolute atomic E-state index is 0.0584. The third kappa shape index (κ3) is 3.68. The molecule has 0 unspecified atom stereocenters. The van der Waals surface area contributed by atoms with Crippen molar-refractivity contribution in [1.29, 1.82) is 0 Å². The highest BCUT2D eigenvalue weighted by Gasteiger charge is 2.22. The van der Waals surface area contributed by atoms with Crippen molar-refractivity contribution in [3.05, 3.63) is 22.6 Å². The van der Waals surface area contributed by atoms with Crippen LogP contribution in [-0.2, 0) is 11.3 Å². The molecule has 1 aromatic heterocycles. The van der Waals surface area contributed by atoms with E-state index in [-0.39, 0.29) is 5.91 Å². The van der Waals surface area contributed by atoms with Crippen LogP contribution in [-0.4, -0.2) is 18.5 Å². The fourth-order valence-electron chi connectivity index (χ4n) is 1.25. The van der Waals surface area contributed by atoms with E-state index in [1.54, 1.807) is 0 Å². The Labute approximate surface area is 96.5 Å². The Hall–Kier alpha value is -0.810. The van der Waals surface area contributed by atoms with Crippen molar-refractivity contribution in [2.75, 3.05) is 6.54 Å². The number of rotatable bonds is 5. The normalized spacial score (nSPS) is 15.3. The lowest BCUT2D eigenvalue weighted by Gasteiger charge is -2.03. The van der Waals surface area contributed by atoms with Crippen molar-refractivity contribution in [3.63, 3.8) is 0 Å². The molecule has 1 aliphatic rings. The van der Waals surface area contributed by atoms with Gasteiger partial charge in [-0.05, 0) is 40.9 Å². The number of nitrogens with one attached hydrogen (secondary N) is 2. The Morgan fingerprint density at radius 2 is 2.33 bits per heavy atom. The maximum absolute atomic E-state index is 11.3. The lowest BCUT2D eigenvalue weighted by molar-refractivity contribution is -0.120. The van der Waals surface area contributed by atoms with Crippen LogP contribution in [0.2, 0.25) is 0 Å². The summed E-state index contributed by atoms with van der Waals surface area (Å²) in [5, 5.41) is 5.93. The van der Waals surface area contributed by atoms with Gasteiger partial charge in [-0.2, -0.15) is 0 Å². The van der Waals surface area contributed by atoms with Gasteiger partial charge in [-0.1, -0.05) is 0 Å². The molecule has 1 amide bonds. The van der Waals surface area contributed by atoms with Gasteiger partial charge in [-0.3, -0.25) is 4.79 Å². The zero-order chi connectivity index (χ0) is 10.7. The van der Waals surface area contributed by atoms with Crippen LogP contribution in [0, 0.1) is 0 Å². The van der Waals surface area contributed by atoms with E-state index < -0.39 is 0 Å². The highest BCUT2D eigenvalue weighted by molar-refractivity contribution is 9.10. The smallest absolute Gasteiger partial charge is 0.234 e. The summed E-state index contributed by atoms with van der Waals surface area (Å²) in [5.74, 6) is 0.879. The van der Waals surface area contributed by atoms with Crippen LogP contribution in [0.1, 0.15) is 18.6 Å². The molecular formula is C10H13BrN2O2. The number of halogens is 1. The minimum Gasteiger partial charge on any atom is -0.453 e. The summed E-state index contributed by atoms with van der Waals surface area (Å²) in [6, 6.07) is 4.13. The zero-order valence-corrected chi connectivity index (χ0v) is 9.84. The molecule has 1 heterocycles. The van der Waals surface area contributed by atoms with Crippen LogP contribution >= 0.6 is 15.9 Å². The Kier molecular flexibility index (Phi) is 3.43. The number of furan rings is 1. The van der Waals surface area contributed by atoms with Gasteiger partial charge in [0.15, 0.2) is 4.67 Å². The molecular weight excluding hydrogens is 260 g/mol. The molecule has 15 heavy (non-hydrogen) atoms. The van der Waals surface area contributed by atoms with E-state index >= 15 is 0 Å². The van der Waals surface area contributed by atoms with Crippen molar-refractivity contribution < 1.29 is 9.21 Å². The van der Waals surface area contributed by atoms with Crippen molar-refractivity contribution >= 4 is 21.8 Å². The fraction of sp³-hybridized carbons (Fsp3) is 0.500. The first kappa shape index (κ1) is 10.7. The quantitative estimate of drug-likeness (QED) is 0.852. The van der Waals surface area contributed by atoms with Crippen LogP contribution in [0.15, 0.2) is 21.2 Å². The van der Waals surface area contributed by atoms with Crippen LogP contribution in [0.25, 0.3) is 0 Å². The van der Waals surface area contributed by atoms with E-state index in [9.17, 15) is 4.79 Å². The van der Waals surface area contributed by atoms with Crippen molar-refractivity contribution in [3.8, 4) is 0 Å². The van der Waals surface area contributed by atoms with Gasteiger partial charge in [0.2, 0.25) is 5.91 Å². The predicted octanol–water partition coefficient (Wildman–Crippen LogP) is 1.41. The molecule has 1 fully saturated rings. The average molecular weight is 273 g/mol. The highest BCUT2D eigenvalue weighted by Crippen LogP contribution is 2.18. The topological polar surface area (TPSA) is 54.3 Å². The van der Waals surface area contributed by atoms with E-state index in [4.69, 9.17) is 4.42 Å². The molecule has 0 aliphatic heterocycles. The number of carbonyl (C=O) groups is 1. The Bertz CT molecular complexity index is 347. The SMILES string of the molecule is O=C(CNCc1ccc(Br)o1)NC1CC1. The van der Waals surface area contributed by atoms with Crippen molar-refractivity contribution in [1.82, 2.24) is 10.6 Å². The Balaban J connectivity index is 1.63. The van der Waals surface area contributed by atoms with Crippen LogP contribution in [0.5, 0.6) is 0 Å². The van der Waals surface area contributed by atoms with E-state index in [1.165, 1.54) is 0 Å². The number of carbonyl (C=O) groups excluding carboxylic acids is 1. The number of hydrogen-bond donors (Lipinski definition) is 2. The fourth-order valence-corrected chi connectivity index (χ4v) is 1.59.